The molecule has 0 unspecified atom stereocenters. The maximum absolute atomic E-state index is 13.3. The normalized spacial score (nSPS) is 12.6. The minimum atomic E-state index is -5.12. The van der Waals surface area contributed by atoms with Crippen molar-refractivity contribution >= 4 is 22.8 Å². The number of rotatable bonds is 7. The van der Waals surface area contributed by atoms with E-state index in [9.17, 15) is 30.7 Å². The molecule has 0 bridgehead atoms. The molecule has 0 spiro atoms. The number of benzene rings is 1. The van der Waals surface area contributed by atoms with Crippen molar-refractivity contribution in [3.8, 4) is 11.5 Å². The zero-order chi connectivity index (χ0) is 23.0. The third-order valence-electron chi connectivity index (χ3n) is 4.05. The van der Waals surface area contributed by atoms with Gasteiger partial charge in [-0.2, -0.15) is 30.7 Å². The van der Waals surface area contributed by atoms with E-state index in [1.807, 2.05) is 0 Å². The van der Waals surface area contributed by atoms with Crippen molar-refractivity contribution < 1.29 is 40.2 Å². The smallest absolute Gasteiger partial charge is 0.461 e. The number of ether oxygens (including phenoxy) is 2. The molecule has 0 atom stereocenters. The van der Waals surface area contributed by atoms with Gasteiger partial charge in [-0.1, -0.05) is 11.8 Å². The number of alkyl halides is 7. The van der Waals surface area contributed by atoms with Gasteiger partial charge in [-0.3, -0.25) is 4.98 Å². The van der Waals surface area contributed by atoms with E-state index in [2.05, 4.69) is 19.7 Å². The fourth-order valence-electron chi connectivity index (χ4n) is 2.57. The Kier molecular flexibility index (Phi) is 6.25. The van der Waals surface area contributed by atoms with Gasteiger partial charge in [-0.15, -0.1) is 0 Å². The Morgan fingerprint density at radius 3 is 2.42 bits per heavy atom. The molecule has 0 radical (unpaired) electrons. The molecule has 0 saturated carbocycles. The number of fused-ring (bicyclic) bond motifs is 1. The van der Waals surface area contributed by atoms with Gasteiger partial charge in [0.05, 0.1) is 29.4 Å². The zero-order valence-corrected chi connectivity index (χ0v) is 16.7. The lowest BCUT2D eigenvalue weighted by Crippen LogP contribution is -2.34. The number of halogens is 7. The first-order valence-corrected chi connectivity index (χ1v) is 9.47. The van der Waals surface area contributed by atoms with Gasteiger partial charge in [-0.25, -0.2) is 4.98 Å². The summed E-state index contributed by atoms with van der Waals surface area (Å²) >= 11 is 1.09. The second-order valence-electron chi connectivity index (χ2n) is 6.30. The van der Waals surface area contributed by atoms with E-state index in [0.717, 1.165) is 17.3 Å². The van der Waals surface area contributed by atoms with E-state index in [0.29, 0.717) is 23.6 Å². The second-order valence-corrected chi connectivity index (χ2v) is 7.27. The molecule has 1 aromatic carbocycles. The SMILES string of the molecule is COc1cc(CSc2nc3cc(OC(F)(F)C(F)F)c(C(F)(F)F)cc3[nH]2)ncc1C. The summed E-state index contributed by atoms with van der Waals surface area (Å²) in [6.07, 6.45) is -12.9. The minimum absolute atomic E-state index is 0.128. The third kappa shape index (κ3) is 5.14. The Bertz CT molecular complexity index is 1090. The minimum Gasteiger partial charge on any atom is -0.496 e. The first-order valence-electron chi connectivity index (χ1n) is 8.49. The van der Waals surface area contributed by atoms with E-state index in [1.165, 1.54) is 7.11 Å². The maximum Gasteiger partial charge on any atom is 0.461 e. The lowest BCUT2D eigenvalue weighted by molar-refractivity contribution is -0.255. The number of aromatic nitrogens is 3. The predicted molar refractivity (Wildman–Crippen MR) is 97.8 cm³/mol. The van der Waals surface area contributed by atoms with Crippen molar-refractivity contribution in [2.75, 3.05) is 7.11 Å². The van der Waals surface area contributed by atoms with Gasteiger partial charge in [0.2, 0.25) is 0 Å². The van der Waals surface area contributed by atoms with Crippen LogP contribution in [0.15, 0.2) is 29.6 Å². The first-order chi connectivity index (χ1) is 14.4. The van der Waals surface area contributed by atoms with Crippen LogP contribution >= 0.6 is 11.8 Å². The number of hydrogen-bond acceptors (Lipinski definition) is 5. The van der Waals surface area contributed by atoms with E-state index in [-0.39, 0.29) is 21.9 Å². The van der Waals surface area contributed by atoms with Crippen LogP contribution in [0.5, 0.6) is 11.5 Å². The number of pyridine rings is 1. The Labute approximate surface area is 175 Å². The molecule has 2 aromatic heterocycles. The van der Waals surface area contributed by atoms with Crippen LogP contribution < -0.4 is 9.47 Å². The number of H-pyrrole nitrogens is 1. The van der Waals surface area contributed by atoms with Crippen molar-refractivity contribution in [1.29, 1.82) is 0 Å². The molecule has 5 nitrogen and oxygen atoms in total. The molecular formula is C18H14F7N3O2S. The van der Waals surface area contributed by atoms with E-state index in [1.54, 1.807) is 19.2 Å². The average Bonchev–Trinajstić information content (AvgIpc) is 3.07. The highest BCUT2D eigenvalue weighted by Crippen LogP contribution is 2.41. The Hall–Kier alpha value is -2.70. The predicted octanol–water partition coefficient (Wildman–Crippen LogP) is 5.82. The lowest BCUT2D eigenvalue weighted by atomic mass is 10.1. The van der Waals surface area contributed by atoms with Gasteiger partial charge in [-0.05, 0) is 13.0 Å². The van der Waals surface area contributed by atoms with Crippen LogP contribution in [0.3, 0.4) is 0 Å². The fourth-order valence-corrected chi connectivity index (χ4v) is 3.35. The number of nitrogens with zero attached hydrogens (tertiary/aromatic N) is 2. The third-order valence-corrected chi connectivity index (χ3v) is 4.96. The van der Waals surface area contributed by atoms with Crippen LogP contribution in [0.2, 0.25) is 0 Å². The molecule has 1 N–H and O–H groups in total. The summed E-state index contributed by atoms with van der Waals surface area (Å²) in [5.74, 6) is -0.569. The van der Waals surface area contributed by atoms with Crippen molar-refractivity contribution in [2.45, 2.75) is 36.5 Å². The molecular weight excluding hydrogens is 455 g/mol. The van der Waals surface area contributed by atoms with Crippen molar-refractivity contribution in [2.24, 2.45) is 0 Å². The van der Waals surface area contributed by atoms with Crippen LogP contribution in [0, 0.1) is 6.92 Å². The van der Waals surface area contributed by atoms with E-state index >= 15 is 0 Å². The molecule has 0 amide bonds. The molecule has 2 heterocycles. The fraction of sp³-hybridized carbons (Fsp3) is 0.333. The van der Waals surface area contributed by atoms with Crippen LogP contribution in [-0.2, 0) is 11.9 Å². The number of thioether (sulfide) groups is 1. The van der Waals surface area contributed by atoms with Crippen molar-refractivity contribution in [3.05, 3.63) is 41.2 Å². The Balaban J connectivity index is 1.91. The van der Waals surface area contributed by atoms with Gasteiger partial charge < -0.3 is 14.5 Å². The highest BCUT2D eigenvalue weighted by atomic mass is 32.2. The highest BCUT2D eigenvalue weighted by Gasteiger charge is 2.46. The monoisotopic (exact) mass is 469 g/mol. The van der Waals surface area contributed by atoms with E-state index in [4.69, 9.17) is 4.74 Å². The highest BCUT2D eigenvalue weighted by molar-refractivity contribution is 7.98. The Morgan fingerprint density at radius 1 is 1.10 bits per heavy atom. The summed E-state index contributed by atoms with van der Waals surface area (Å²) in [6, 6.07) is 2.71. The number of aryl methyl sites for hydroxylation is 1. The van der Waals surface area contributed by atoms with Gasteiger partial charge in [0.1, 0.15) is 11.5 Å². The molecule has 0 aliphatic carbocycles. The molecule has 13 heteroatoms. The molecule has 0 fully saturated rings. The van der Waals surface area contributed by atoms with E-state index < -0.39 is 30.0 Å². The largest absolute Gasteiger partial charge is 0.496 e. The Morgan fingerprint density at radius 2 is 1.81 bits per heavy atom. The van der Waals surface area contributed by atoms with Gasteiger partial charge >= 0.3 is 18.7 Å². The number of nitrogens with one attached hydrogen (secondary N) is 1. The first kappa shape index (κ1) is 23.0. The molecule has 168 valence electrons. The zero-order valence-electron chi connectivity index (χ0n) is 15.9. The molecule has 0 aliphatic heterocycles. The quantitative estimate of drug-likeness (QED) is 0.349. The number of hydrogen-bond donors (Lipinski definition) is 1. The average molecular weight is 469 g/mol. The van der Waals surface area contributed by atoms with Crippen molar-refractivity contribution in [1.82, 2.24) is 15.0 Å². The molecule has 0 aliphatic rings. The summed E-state index contributed by atoms with van der Waals surface area (Å²) in [6.45, 7) is 1.80. The topological polar surface area (TPSA) is 60.0 Å². The summed E-state index contributed by atoms with van der Waals surface area (Å²) < 4.78 is 99.9. The molecule has 3 rings (SSSR count). The van der Waals surface area contributed by atoms with Crippen LogP contribution in [-0.4, -0.2) is 34.6 Å². The van der Waals surface area contributed by atoms with Crippen molar-refractivity contribution in [3.63, 3.8) is 0 Å². The van der Waals surface area contributed by atoms with Gasteiger partial charge in [0.25, 0.3) is 0 Å². The molecule has 0 saturated heterocycles. The number of methoxy groups -OCH3 is 1. The molecule has 31 heavy (non-hydrogen) atoms. The summed E-state index contributed by atoms with van der Waals surface area (Å²) in [7, 11) is 1.49. The van der Waals surface area contributed by atoms with Gasteiger partial charge in [0, 0.05) is 29.6 Å². The standard InChI is InChI=1S/C18H14F7N3O2S/c1-8-6-26-9(3-13(8)29-2)7-31-16-27-11-4-10(17(21,22)23)14(5-12(11)28-16)30-18(24,25)15(19)20/h3-6,15H,7H2,1-2H3,(H,27,28). The summed E-state index contributed by atoms with van der Waals surface area (Å²) in [4.78, 5) is 10.9. The molecule has 3 aromatic rings. The van der Waals surface area contributed by atoms with Crippen LogP contribution in [0.25, 0.3) is 11.0 Å². The maximum atomic E-state index is 13.3. The number of aromatic amines is 1. The summed E-state index contributed by atoms with van der Waals surface area (Å²) in [5.41, 5.74) is -0.510. The van der Waals surface area contributed by atoms with Crippen LogP contribution in [0.4, 0.5) is 30.7 Å². The van der Waals surface area contributed by atoms with Gasteiger partial charge in [0.15, 0.2) is 5.16 Å². The van der Waals surface area contributed by atoms with Crippen LogP contribution in [0.1, 0.15) is 16.8 Å². The second kappa shape index (κ2) is 8.44. The lowest BCUT2D eigenvalue weighted by Gasteiger charge is -2.20. The summed E-state index contributed by atoms with van der Waals surface area (Å²) in [5, 5.41) is 0.169. The number of imidazole rings is 1.